The second-order valence-corrected chi connectivity index (χ2v) is 5.87. The number of ether oxygens (including phenoxy) is 1. The van der Waals surface area contributed by atoms with Gasteiger partial charge in [0, 0.05) is 38.8 Å². The monoisotopic (exact) mass is 440 g/mol. The molecule has 0 saturated carbocycles. The van der Waals surface area contributed by atoms with E-state index in [1.54, 1.807) is 23.1 Å². The summed E-state index contributed by atoms with van der Waals surface area (Å²) in [7, 11) is 1.47. The van der Waals surface area contributed by atoms with Gasteiger partial charge in [0.15, 0.2) is 11.6 Å². The molecule has 1 aliphatic heterocycles. The molecule has 0 atom stereocenters. The second kappa shape index (κ2) is 14.0. The molecule has 0 N–H and O–H groups in total. The molecule has 1 fully saturated rings. The van der Waals surface area contributed by atoms with Crippen LogP contribution in [0.15, 0.2) is 18.2 Å². The van der Waals surface area contributed by atoms with Crippen LogP contribution in [0.5, 0.6) is 5.75 Å². The number of likely N-dealkylation sites (tertiary alicyclic amines) is 1. The normalized spacial score (nSPS) is 14.5. The van der Waals surface area contributed by atoms with Gasteiger partial charge in [0.05, 0.1) is 20.2 Å². The Kier molecular flexibility index (Phi) is 18.2. The summed E-state index contributed by atoms with van der Waals surface area (Å²) in [5, 5.41) is 0. The smallest absolute Gasteiger partial charge is 0.272 e. The molecule has 1 aromatic carbocycles. The Morgan fingerprint density at radius 2 is 1.52 bits per heavy atom. The van der Waals surface area contributed by atoms with E-state index in [9.17, 15) is 13.2 Å². The van der Waals surface area contributed by atoms with Crippen molar-refractivity contribution in [3.8, 4) is 5.75 Å². The first-order valence-corrected chi connectivity index (χ1v) is 7.12. The average molecular weight is 440 g/mol. The standard InChI is InChI=1S/C10H13FO.C6H11F2N.3CH4.Y/c1-7(2)8-5-4-6-9(12-3)10(8)11;1-5(2)9-3-6(7,8)4-9;;;;/h4-7H,1-3H3;5H,3-4H2,1-2H3;3*1H4;. The van der Waals surface area contributed by atoms with Gasteiger partial charge >= 0.3 is 0 Å². The van der Waals surface area contributed by atoms with Crippen molar-refractivity contribution in [1.29, 1.82) is 0 Å². The number of hydrogen-bond acceptors (Lipinski definition) is 2. The molecular formula is C19H36F3NOY. The molecule has 0 aromatic heterocycles. The molecule has 1 aromatic rings. The average Bonchev–Trinajstić information content (AvgIpc) is 2.36. The van der Waals surface area contributed by atoms with Gasteiger partial charge < -0.3 is 4.74 Å². The van der Waals surface area contributed by atoms with Crippen molar-refractivity contribution in [2.45, 2.75) is 67.9 Å². The first-order valence-electron chi connectivity index (χ1n) is 7.12. The summed E-state index contributed by atoms with van der Waals surface area (Å²) in [6, 6.07) is 5.48. The molecule has 1 heterocycles. The maximum atomic E-state index is 13.4. The van der Waals surface area contributed by atoms with E-state index in [-0.39, 0.29) is 85.9 Å². The summed E-state index contributed by atoms with van der Waals surface area (Å²) >= 11 is 0. The zero-order chi connectivity index (χ0) is 16.2. The summed E-state index contributed by atoms with van der Waals surface area (Å²) in [6.45, 7) is 7.66. The molecule has 147 valence electrons. The van der Waals surface area contributed by atoms with Gasteiger partial charge in [-0.1, -0.05) is 48.3 Å². The van der Waals surface area contributed by atoms with Gasteiger partial charge in [0.1, 0.15) is 0 Å². The van der Waals surface area contributed by atoms with Crippen molar-refractivity contribution in [1.82, 2.24) is 4.90 Å². The van der Waals surface area contributed by atoms with Gasteiger partial charge in [-0.05, 0) is 31.4 Å². The Labute approximate surface area is 178 Å². The molecule has 6 heteroatoms. The summed E-state index contributed by atoms with van der Waals surface area (Å²) in [6.07, 6.45) is 0. The van der Waals surface area contributed by atoms with Crippen LogP contribution in [0.25, 0.3) is 0 Å². The number of benzene rings is 1. The summed E-state index contributed by atoms with van der Waals surface area (Å²) < 4.78 is 42.5. The van der Waals surface area contributed by atoms with Gasteiger partial charge in [-0.2, -0.15) is 0 Å². The minimum atomic E-state index is -2.40. The van der Waals surface area contributed by atoms with Gasteiger partial charge in [-0.25, -0.2) is 13.2 Å². The van der Waals surface area contributed by atoms with Crippen LogP contribution in [-0.2, 0) is 32.7 Å². The van der Waals surface area contributed by atoms with Gasteiger partial charge in [-0.3, -0.25) is 4.90 Å². The van der Waals surface area contributed by atoms with Crippen LogP contribution in [0.2, 0.25) is 0 Å². The fraction of sp³-hybridized carbons (Fsp3) is 0.684. The molecular weight excluding hydrogens is 404 g/mol. The SMILES string of the molecule is C.C.C.CC(C)N1CC(F)(F)C1.COc1cccc(C(C)C)c1F.[Y]. The molecule has 0 bridgehead atoms. The largest absolute Gasteiger partial charge is 0.494 e. The first-order chi connectivity index (χ1) is 9.68. The van der Waals surface area contributed by atoms with Crippen LogP contribution < -0.4 is 4.74 Å². The van der Waals surface area contributed by atoms with E-state index in [1.807, 2.05) is 27.7 Å². The molecule has 0 amide bonds. The Morgan fingerprint density at radius 1 is 1.04 bits per heavy atom. The van der Waals surface area contributed by atoms with Crippen molar-refractivity contribution >= 4 is 0 Å². The number of rotatable bonds is 3. The van der Waals surface area contributed by atoms with Crippen LogP contribution in [0.1, 0.15) is 61.5 Å². The number of nitrogens with zero attached hydrogens (tertiary/aromatic N) is 1. The van der Waals surface area contributed by atoms with Gasteiger partial charge in [0.2, 0.25) is 0 Å². The van der Waals surface area contributed by atoms with E-state index < -0.39 is 5.92 Å². The van der Waals surface area contributed by atoms with E-state index in [4.69, 9.17) is 4.74 Å². The van der Waals surface area contributed by atoms with Crippen molar-refractivity contribution in [2.75, 3.05) is 20.2 Å². The molecule has 1 aliphatic rings. The number of halogens is 3. The third-order valence-corrected chi connectivity index (χ3v) is 3.43. The Hall–Kier alpha value is -0.126. The molecule has 0 unspecified atom stereocenters. The topological polar surface area (TPSA) is 12.5 Å². The molecule has 0 spiro atoms. The quantitative estimate of drug-likeness (QED) is 0.554. The fourth-order valence-electron chi connectivity index (χ4n) is 2.04. The van der Waals surface area contributed by atoms with Crippen LogP contribution in [-0.4, -0.2) is 37.1 Å². The van der Waals surface area contributed by atoms with Crippen molar-refractivity contribution in [3.63, 3.8) is 0 Å². The van der Waals surface area contributed by atoms with Gasteiger partial charge in [0.25, 0.3) is 5.92 Å². The zero-order valence-electron chi connectivity index (χ0n) is 13.9. The maximum absolute atomic E-state index is 13.4. The molecule has 1 saturated heterocycles. The third-order valence-electron chi connectivity index (χ3n) is 3.43. The van der Waals surface area contributed by atoms with E-state index >= 15 is 0 Å². The minimum absolute atomic E-state index is 0. The van der Waals surface area contributed by atoms with E-state index in [2.05, 4.69) is 0 Å². The Bertz CT molecular complexity index is 460. The minimum Gasteiger partial charge on any atom is -0.494 e. The van der Waals surface area contributed by atoms with Gasteiger partial charge in [-0.15, -0.1) is 0 Å². The number of hydrogen-bond donors (Lipinski definition) is 0. The molecule has 25 heavy (non-hydrogen) atoms. The molecule has 2 nitrogen and oxygen atoms in total. The zero-order valence-corrected chi connectivity index (χ0v) is 16.7. The van der Waals surface area contributed by atoms with E-state index in [0.717, 1.165) is 0 Å². The van der Waals surface area contributed by atoms with Crippen LogP contribution in [0.4, 0.5) is 13.2 Å². The van der Waals surface area contributed by atoms with E-state index in [0.29, 0.717) is 11.3 Å². The van der Waals surface area contributed by atoms with Crippen LogP contribution >= 0.6 is 0 Å². The van der Waals surface area contributed by atoms with Crippen LogP contribution in [0.3, 0.4) is 0 Å². The Balaban J connectivity index is -0.000000156. The predicted molar refractivity (Wildman–Crippen MR) is 98.9 cm³/mol. The third kappa shape index (κ3) is 9.96. The van der Waals surface area contributed by atoms with Crippen LogP contribution in [0, 0.1) is 5.82 Å². The fourth-order valence-corrected chi connectivity index (χ4v) is 2.04. The first kappa shape index (κ1) is 32.5. The van der Waals surface area contributed by atoms with Crippen molar-refractivity contribution < 1.29 is 50.6 Å². The molecule has 0 aliphatic carbocycles. The van der Waals surface area contributed by atoms with E-state index in [1.165, 1.54) is 7.11 Å². The molecule has 2 rings (SSSR count). The summed E-state index contributed by atoms with van der Waals surface area (Å²) in [5.41, 5.74) is 0.703. The second-order valence-electron chi connectivity index (χ2n) is 5.87. The predicted octanol–water partition coefficient (Wildman–Crippen LogP) is 6.21. The Morgan fingerprint density at radius 3 is 1.80 bits per heavy atom. The number of methoxy groups -OCH3 is 1. The summed E-state index contributed by atoms with van der Waals surface area (Å²) in [4.78, 5) is 1.75. The summed E-state index contributed by atoms with van der Waals surface area (Å²) in [5.74, 6) is -2.12. The number of alkyl halides is 2. The van der Waals surface area contributed by atoms with Crippen molar-refractivity contribution in [2.24, 2.45) is 0 Å². The maximum Gasteiger partial charge on any atom is 0.272 e. The molecule has 1 radical (unpaired) electrons. The van der Waals surface area contributed by atoms with Crippen molar-refractivity contribution in [3.05, 3.63) is 29.6 Å².